The van der Waals surface area contributed by atoms with Gasteiger partial charge in [0, 0.05) is 18.3 Å². The molecule has 0 amide bonds. The van der Waals surface area contributed by atoms with Crippen molar-refractivity contribution in [3.63, 3.8) is 0 Å². The number of non-ortho nitro benzene ring substituents is 1. The van der Waals surface area contributed by atoms with Crippen LogP contribution in [0.15, 0.2) is 40.4 Å². The number of nitrogens with two attached hydrogens (primary N) is 1. The van der Waals surface area contributed by atoms with Crippen molar-refractivity contribution < 1.29 is 4.92 Å². The number of aliphatic imine (C=N–C) groups is 1. The first-order valence-corrected chi connectivity index (χ1v) is 5.19. The van der Waals surface area contributed by atoms with E-state index < -0.39 is 10.5 Å². The molecule has 19 heavy (non-hydrogen) atoms. The van der Waals surface area contributed by atoms with Crippen LogP contribution in [0.1, 0.15) is 5.56 Å². The van der Waals surface area contributed by atoms with Gasteiger partial charge in [-0.2, -0.15) is 0 Å². The first-order valence-electron chi connectivity index (χ1n) is 5.19. The van der Waals surface area contributed by atoms with E-state index in [-0.39, 0.29) is 17.2 Å². The van der Waals surface area contributed by atoms with Crippen LogP contribution in [0.5, 0.6) is 0 Å². The van der Waals surface area contributed by atoms with Crippen molar-refractivity contribution in [3.8, 4) is 0 Å². The van der Waals surface area contributed by atoms with Crippen LogP contribution in [0, 0.1) is 10.1 Å². The average Bonchev–Trinajstić information content (AvgIpc) is 2.38. The van der Waals surface area contributed by atoms with Gasteiger partial charge in [0.25, 0.3) is 11.2 Å². The van der Waals surface area contributed by atoms with Gasteiger partial charge >= 0.3 is 0 Å². The number of nitrogen functional groups attached to an aromatic ring is 1. The molecule has 2 aromatic rings. The second-order valence-electron chi connectivity index (χ2n) is 3.57. The largest absolute Gasteiger partial charge is 0.382 e. The summed E-state index contributed by atoms with van der Waals surface area (Å²) in [6.45, 7) is 0. The van der Waals surface area contributed by atoms with Gasteiger partial charge in [-0.25, -0.2) is 9.98 Å². The first kappa shape index (κ1) is 12.4. The molecule has 0 aliphatic heterocycles. The minimum Gasteiger partial charge on any atom is -0.382 e. The number of nitrogens with one attached hydrogen (secondary N) is 1. The second kappa shape index (κ2) is 5.08. The zero-order chi connectivity index (χ0) is 13.8. The number of hydrogen-bond donors (Lipinski definition) is 2. The monoisotopic (exact) mass is 259 g/mol. The highest BCUT2D eigenvalue weighted by molar-refractivity contribution is 5.83. The van der Waals surface area contributed by atoms with Crippen molar-refractivity contribution in [2.75, 3.05) is 5.73 Å². The molecule has 0 aliphatic rings. The molecule has 96 valence electrons. The van der Waals surface area contributed by atoms with Crippen molar-refractivity contribution in [1.82, 2.24) is 9.97 Å². The zero-order valence-electron chi connectivity index (χ0n) is 9.61. The predicted octanol–water partition coefficient (Wildman–Crippen LogP) is 1.01. The molecule has 0 unspecified atom stereocenters. The normalized spacial score (nSPS) is 10.7. The predicted molar refractivity (Wildman–Crippen MR) is 69.6 cm³/mol. The fourth-order valence-electron chi connectivity index (χ4n) is 1.35. The van der Waals surface area contributed by atoms with Crippen LogP contribution < -0.4 is 11.3 Å². The Morgan fingerprint density at radius 1 is 1.37 bits per heavy atom. The number of hydrogen-bond acceptors (Lipinski definition) is 6. The van der Waals surface area contributed by atoms with Crippen molar-refractivity contribution in [3.05, 3.63) is 56.6 Å². The molecule has 0 aliphatic carbocycles. The van der Waals surface area contributed by atoms with Gasteiger partial charge in [0.15, 0.2) is 11.5 Å². The summed E-state index contributed by atoms with van der Waals surface area (Å²) in [6.07, 6.45) is 2.56. The summed E-state index contributed by atoms with van der Waals surface area (Å²) in [5.74, 6) is 0.0157. The maximum atomic E-state index is 11.4. The third kappa shape index (κ3) is 2.80. The molecular weight excluding hydrogens is 250 g/mol. The number of rotatable bonds is 3. The Hall–Kier alpha value is -3.03. The molecule has 1 aromatic carbocycles. The number of aromatic amines is 1. The summed E-state index contributed by atoms with van der Waals surface area (Å²) in [4.78, 5) is 31.4. The maximum absolute atomic E-state index is 11.4. The van der Waals surface area contributed by atoms with Crippen molar-refractivity contribution in [1.29, 1.82) is 0 Å². The maximum Gasteiger partial charge on any atom is 0.278 e. The third-order valence-electron chi connectivity index (χ3n) is 2.30. The van der Waals surface area contributed by atoms with Gasteiger partial charge in [0.2, 0.25) is 0 Å². The Labute approximate surface area is 106 Å². The van der Waals surface area contributed by atoms with Crippen LogP contribution in [-0.2, 0) is 0 Å². The lowest BCUT2D eigenvalue weighted by atomic mass is 10.2. The van der Waals surface area contributed by atoms with Gasteiger partial charge in [-0.05, 0) is 17.7 Å². The first-order chi connectivity index (χ1) is 9.08. The Balaban J connectivity index is 2.28. The van der Waals surface area contributed by atoms with Gasteiger partial charge < -0.3 is 10.7 Å². The molecule has 8 nitrogen and oxygen atoms in total. The number of nitro benzene ring substituents is 1. The molecule has 1 aromatic heterocycles. The smallest absolute Gasteiger partial charge is 0.278 e. The fraction of sp³-hybridized carbons (Fsp3) is 0. The molecule has 0 saturated carbocycles. The van der Waals surface area contributed by atoms with Crippen LogP contribution in [-0.4, -0.2) is 21.1 Å². The Kier molecular flexibility index (Phi) is 3.33. The number of benzene rings is 1. The minimum absolute atomic E-state index is 0.000790. The number of aromatic nitrogens is 2. The summed E-state index contributed by atoms with van der Waals surface area (Å²) in [6, 6.07) is 5.72. The lowest BCUT2D eigenvalue weighted by Gasteiger charge is -1.96. The third-order valence-corrected chi connectivity index (χ3v) is 2.30. The lowest BCUT2D eigenvalue weighted by Crippen LogP contribution is -2.08. The van der Waals surface area contributed by atoms with Gasteiger partial charge in [-0.3, -0.25) is 14.9 Å². The summed E-state index contributed by atoms with van der Waals surface area (Å²) in [7, 11) is 0. The summed E-state index contributed by atoms with van der Waals surface area (Å²) in [5.41, 5.74) is 5.65. The number of anilines is 1. The van der Waals surface area contributed by atoms with E-state index in [4.69, 9.17) is 5.73 Å². The number of nitro groups is 1. The van der Waals surface area contributed by atoms with Gasteiger partial charge in [0.05, 0.1) is 11.3 Å². The van der Waals surface area contributed by atoms with E-state index in [2.05, 4.69) is 15.0 Å². The van der Waals surface area contributed by atoms with Crippen molar-refractivity contribution in [2.24, 2.45) is 4.99 Å². The van der Waals surface area contributed by atoms with E-state index in [0.29, 0.717) is 5.56 Å². The molecule has 0 spiro atoms. The standard InChI is InChI=1S/C11H9N5O3/c12-10-9(11(17)15-6-14-10)13-5-7-1-3-8(4-2-7)16(18)19/h1-6H,(H3,12,14,15,17). The molecule has 0 bridgehead atoms. The van der Waals surface area contributed by atoms with E-state index in [9.17, 15) is 14.9 Å². The minimum atomic E-state index is -0.495. The molecule has 0 radical (unpaired) electrons. The summed E-state index contributed by atoms with van der Waals surface area (Å²) in [5, 5.41) is 10.5. The van der Waals surface area contributed by atoms with Crippen LogP contribution in [0.2, 0.25) is 0 Å². The Bertz CT molecular complexity index is 690. The topological polar surface area (TPSA) is 127 Å². The van der Waals surface area contributed by atoms with Crippen LogP contribution in [0.4, 0.5) is 17.2 Å². The van der Waals surface area contributed by atoms with Crippen molar-refractivity contribution in [2.45, 2.75) is 0 Å². The van der Waals surface area contributed by atoms with Crippen molar-refractivity contribution >= 4 is 23.4 Å². The molecule has 0 fully saturated rings. The van der Waals surface area contributed by atoms with Crippen LogP contribution >= 0.6 is 0 Å². The number of nitrogens with zero attached hydrogens (tertiary/aromatic N) is 3. The van der Waals surface area contributed by atoms with E-state index in [0.717, 1.165) is 0 Å². The summed E-state index contributed by atoms with van der Waals surface area (Å²) >= 11 is 0. The van der Waals surface area contributed by atoms with E-state index >= 15 is 0 Å². The zero-order valence-corrected chi connectivity index (χ0v) is 9.61. The highest BCUT2D eigenvalue weighted by Crippen LogP contribution is 2.13. The Morgan fingerprint density at radius 2 is 2.05 bits per heavy atom. The van der Waals surface area contributed by atoms with E-state index in [1.165, 1.54) is 36.8 Å². The molecule has 0 atom stereocenters. The average molecular weight is 259 g/mol. The van der Waals surface area contributed by atoms with Gasteiger partial charge in [-0.1, -0.05) is 0 Å². The molecular formula is C11H9N5O3. The SMILES string of the molecule is Nc1nc[nH]c(=O)c1N=Cc1ccc([N+](=O)[O-])cc1. The molecule has 0 saturated heterocycles. The quantitative estimate of drug-likeness (QED) is 0.483. The molecule has 2 rings (SSSR count). The lowest BCUT2D eigenvalue weighted by molar-refractivity contribution is -0.384. The van der Waals surface area contributed by atoms with Crippen LogP contribution in [0.3, 0.4) is 0 Å². The number of H-pyrrole nitrogens is 1. The molecule has 8 heteroatoms. The second-order valence-corrected chi connectivity index (χ2v) is 3.57. The van der Waals surface area contributed by atoms with E-state index in [1.807, 2.05) is 0 Å². The molecule has 1 heterocycles. The summed E-state index contributed by atoms with van der Waals surface area (Å²) < 4.78 is 0. The van der Waals surface area contributed by atoms with Gasteiger partial charge in [0.1, 0.15) is 0 Å². The highest BCUT2D eigenvalue weighted by Gasteiger charge is 2.04. The Morgan fingerprint density at radius 3 is 2.63 bits per heavy atom. The van der Waals surface area contributed by atoms with Crippen LogP contribution in [0.25, 0.3) is 0 Å². The molecule has 3 N–H and O–H groups in total. The highest BCUT2D eigenvalue weighted by atomic mass is 16.6. The van der Waals surface area contributed by atoms with Gasteiger partial charge in [-0.15, -0.1) is 0 Å². The fourth-order valence-corrected chi connectivity index (χ4v) is 1.35. The van der Waals surface area contributed by atoms with E-state index in [1.54, 1.807) is 0 Å².